The fourth-order valence-electron chi connectivity index (χ4n) is 1.68. The molecule has 0 aliphatic carbocycles. The van der Waals surface area contributed by atoms with Crippen LogP contribution in [-0.2, 0) is 4.18 Å². The third-order valence-corrected chi connectivity index (χ3v) is 3.87. The topological polar surface area (TPSA) is 24.8 Å². The molecule has 102 valence electrons. The van der Waals surface area contributed by atoms with E-state index in [1.807, 2.05) is 20.0 Å². The number of benzene rings is 1. The molecule has 1 aliphatic rings. The zero-order chi connectivity index (χ0) is 13.8. The molecule has 4 heteroatoms. The van der Waals surface area contributed by atoms with E-state index in [2.05, 4.69) is 48.1 Å². The third-order valence-electron chi connectivity index (χ3n) is 2.92. The summed E-state index contributed by atoms with van der Waals surface area (Å²) < 4.78 is 5.51. The van der Waals surface area contributed by atoms with Gasteiger partial charge in [0, 0.05) is 35.9 Å². The molecule has 1 aromatic rings. The van der Waals surface area contributed by atoms with Gasteiger partial charge in [-0.2, -0.15) is 0 Å². The van der Waals surface area contributed by atoms with Crippen molar-refractivity contribution in [1.82, 2.24) is 4.90 Å². The molecule has 0 spiro atoms. The van der Waals surface area contributed by atoms with Crippen LogP contribution >= 0.6 is 12.0 Å². The molecule has 0 radical (unpaired) electrons. The number of allylic oxidation sites excluding steroid dienone is 1. The zero-order valence-electron chi connectivity index (χ0n) is 11.9. The molecular weight excluding hydrogens is 256 g/mol. The molecule has 0 N–H and O–H groups in total. The Kier molecular flexibility index (Phi) is 4.66. The average molecular weight is 276 g/mol. The highest BCUT2D eigenvalue weighted by Gasteiger charge is 2.11. The second-order valence-electron chi connectivity index (χ2n) is 4.96. The monoisotopic (exact) mass is 276 g/mol. The number of likely N-dealkylation sites (N-methyl/N-ethyl adjacent to an activating group) is 1. The lowest BCUT2D eigenvalue weighted by Crippen LogP contribution is -2.27. The van der Waals surface area contributed by atoms with E-state index in [9.17, 15) is 0 Å². The van der Waals surface area contributed by atoms with Gasteiger partial charge in [-0.05, 0) is 38.5 Å². The van der Waals surface area contributed by atoms with Crippen LogP contribution in [0.15, 0.2) is 46.1 Å². The number of hydrogen-bond acceptors (Lipinski definition) is 4. The number of aliphatic imine (C=N–C) groups is 1. The molecule has 1 aromatic carbocycles. The normalized spacial score (nSPS) is 15.5. The summed E-state index contributed by atoms with van der Waals surface area (Å²) >= 11 is 1.42. The summed E-state index contributed by atoms with van der Waals surface area (Å²) in [5.41, 5.74) is 3.47. The molecule has 1 heterocycles. The highest BCUT2D eigenvalue weighted by Crippen LogP contribution is 2.22. The van der Waals surface area contributed by atoms with E-state index < -0.39 is 0 Å². The minimum absolute atomic E-state index is 0.231. The van der Waals surface area contributed by atoms with Crippen molar-refractivity contribution in [3.63, 3.8) is 0 Å². The molecule has 0 fully saturated rings. The predicted octanol–water partition coefficient (Wildman–Crippen LogP) is 3.71. The van der Waals surface area contributed by atoms with E-state index in [0.717, 1.165) is 17.2 Å². The van der Waals surface area contributed by atoms with Gasteiger partial charge in [-0.25, -0.2) is 0 Å². The maximum Gasteiger partial charge on any atom is 0.0670 e. The van der Waals surface area contributed by atoms with Gasteiger partial charge in [0.2, 0.25) is 0 Å². The van der Waals surface area contributed by atoms with Gasteiger partial charge < -0.3 is 9.08 Å². The molecule has 3 nitrogen and oxygen atoms in total. The van der Waals surface area contributed by atoms with Crippen molar-refractivity contribution >= 4 is 17.8 Å². The minimum Gasteiger partial charge on any atom is -0.371 e. The van der Waals surface area contributed by atoms with Crippen LogP contribution < -0.4 is 0 Å². The van der Waals surface area contributed by atoms with Crippen LogP contribution in [0.2, 0.25) is 0 Å². The van der Waals surface area contributed by atoms with Crippen molar-refractivity contribution in [3.05, 3.63) is 41.7 Å². The minimum atomic E-state index is 0.231. The smallest absolute Gasteiger partial charge is 0.0670 e. The van der Waals surface area contributed by atoms with E-state index >= 15 is 0 Å². The Bertz CT molecular complexity index is 491. The van der Waals surface area contributed by atoms with Crippen molar-refractivity contribution in [2.75, 3.05) is 13.6 Å². The van der Waals surface area contributed by atoms with Gasteiger partial charge in [0.15, 0.2) is 0 Å². The predicted molar refractivity (Wildman–Crippen MR) is 81.4 cm³/mol. The summed E-state index contributed by atoms with van der Waals surface area (Å²) in [7, 11) is 2.08. The quantitative estimate of drug-likeness (QED) is 0.784. The van der Waals surface area contributed by atoms with E-state index in [1.165, 1.54) is 23.3 Å². The summed E-state index contributed by atoms with van der Waals surface area (Å²) in [6.07, 6.45) is 2.15. The van der Waals surface area contributed by atoms with Crippen LogP contribution in [0.4, 0.5) is 0 Å². The first kappa shape index (κ1) is 14.2. The van der Waals surface area contributed by atoms with Crippen LogP contribution in [0.3, 0.4) is 0 Å². The molecule has 2 rings (SSSR count). The lowest BCUT2D eigenvalue weighted by molar-refractivity contribution is 0.289. The molecule has 1 aliphatic heterocycles. The Hall–Kier alpha value is -1.26. The van der Waals surface area contributed by atoms with Gasteiger partial charge in [-0.15, -0.1) is 0 Å². The second-order valence-corrected chi connectivity index (χ2v) is 5.79. The van der Waals surface area contributed by atoms with Gasteiger partial charge in [-0.1, -0.05) is 12.1 Å². The van der Waals surface area contributed by atoms with E-state index in [4.69, 9.17) is 4.18 Å². The summed E-state index contributed by atoms with van der Waals surface area (Å²) in [6, 6.07) is 8.37. The zero-order valence-corrected chi connectivity index (χ0v) is 12.7. The van der Waals surface area contributed by atoms with Gasteiger partial charge in [0.1, 0.15) is 0 Å². The van der Waals surface area contributed by atoms with Crippen LogP contribution in [-0.4, -0.2) is 30.3 Å². The third kappa shape index (κ3) is 3.85. The first-order chi connectivity index (χ1) is 9.06. The molecule has 0 amide bonds. The molecule has 0 unspecified atom stereocenters. The summed E-state index contributed by atoms with van der Waals surface area (Å²) in [6.45, 7) is 6.99. The Morgan fingerprint density at radius 3 is 2.53 bits per heavy atom. The summed E-state index contributed by atoms with van der Waals surface area (Å²) in [5.74, 6) is 0. The molecule has 0 saturated carbocycles. The van der Waals surface area contributed by atoms with E-state index in [0.29, 0.717) is 0 Å². The number of rotatable bonds is 4. The fraction of sp³-hybridized carbons (Fsp3) is 0.400. The summed E-state index contributed by atoms with van der Waals surface area (Å²) in [4.78, 5) is 7.83. The van der Waals surface area contributed by atoms with Gasteiger partial charge in [-0.3, -0.25) is 4.99 Å². The van der Waals surface area contributed by atoms with Crippen molar-refractivity contribution in [2.24, 2.45) is 4.99 Å². The van der Waals surface area contributed by atoms with Crippen LogP contribution in [0, 0.1) is 0 Å². The molecule has 0 bridgehead atoms. The molecular formula is C15H20N2OS. The lowest BCUT2D eigenvalue weighted by atomic mass is 10.1. The van der Waals surface area contributed by atoms with Crippen molar-refractivity contribution in [2.45, 2.75) is 31.8 Å². The van der Waals surface area contributed by atoms with Crippen LogP contribution in [0.1, 0.15) is 26.3 Å². The second kappa shape index (κ2) is 6.26. The van der Waals surface area contributed by atoms with Crippen LogP contribution in [0.5, 0.6) is 0 Å². The highest BCUT2D eigenvalue weighted by atomic mass is 32.2. The van der Waals surface area contributed by atoms with E-state index in [1.54, 1.807) is 0 Å². The van der Waals surface area contributed by atoms with Crippen molar-refractivity contribution < 1.29 is 4.18 Å². The van der Waals surface area contributed by atoms with Gasteiger partial charge in [0.25, 0.3) is 0 Å². The molecule has 0 atom stereocenters. The van der Waals surface area contributed by atoms with Crippen LogP contribution in [0.25, 0.3) is 0 Å². The number of hydrogen-bond donors (Lipinski definition) is 0. The Balaban J connectivity index is 2.07. The fourth-order valence-corrected chi connectivity index (χ4v) is 2.23. The standard InChI is InChI=1S/C15H20N2OS/c1-11(2)18-19-14-7-5-13(6-8-14)15-10-17(4)12(3)9-16-15/h5-9,11H,10H2,1-4H3. The Morgan fingerprint density at radius 2 is 1.95 bits per heavy atom. The molecule has 19 heavy (non-hydrogen) atoms. The van der Waals surface area contributed by atoms with Gasteiger partial charge >= 0.3 is 0 Å². The highest BCUT2D eigenvalue weighted by molar-refractivity contribution is 7.94. The molecule has 0 saturated heterocycles. The molecule has 0 aromatic heterocycles. The SMILES string of the molecule is CC1=CN=C(c2ccc(SOC(C)C)cc2)CN1C. The maximum atomic E-state index is 5.51. The van der Waals surface area contributed by atoms with E-state index in [-0.39, 0.29) is 6.10 Å². The summed E-state index contributed by atoms with van der Waals surface area (Å²) in [5, 5.41) is 0. The lowest BCUT2D eigenvalue weighted by Gasteiger charge is -2.24. The first-order valence-electron chi connectivity index (χ1n) is 6.44. The first-order valence-corrected chi connectivity index (χ1v) is 7.19. The average Bonchev–Trinajstić information content (AvgIpc) is 2.40. The van der Waals surface area contributed by atoms with Crippen molar-refractivity contribution in [3.8, 4) is 0 Å². The van der Waals surface area contributed by atoms with Crippen molar-refractivity contribution in [1.29, 1.82) is 0 Å². The maximum absolute atomic E-state index is 5.51. The Morgan fingerprint density at radius 1 is 1.26 bits per heavy atom. The Labute approximate surface area is 119 Å². The number of nitrogens with zero attached hydrogens (tertiary/aromatic N) is 2. The van der Waals surface area contributed by atoms with Gasteiger partial charge in [0.05, 0.1) is 18.4 Å². The largest absolute Gasteiger partial charge is 0.371 e.